The fourth-order valence-electron chi connectivity index (χ4n) is 0.684. The molecule has 0 spiro atoms. The lowest BCUT2D eigenvalue weighted by atomic mass is 10.4. The van der Waals surface area contributed by atoms with E-state index in [1.807, 2.05) is 0 Å². The van der Waals surface area contributed by atoms with Crippen molar-refractivity contribution in [3.05, 3.63) is 28.4 Å². The molecule has 1 heterocycles. The number of ether oxygens (including phenoxy) is 1. The lowest BCUT2D eigenvalue weighted by Crippen LogP contribution is -1.97. The normalized spacial score (nSPS) is 9.42. The van der Waals surface area contributed by atoms with Crippen LogP contribution < -0.4 is 4.74 Å². The molecule has 0 bridgehead atoms. The van der Waals surface area contributed by atoms with Crippen LogP contribution in [0.5, 0.6) is 5.88 Å². The van der Waals surface area contributed by atoms with Gasteiger partial charge in [-0.25, -0.2) is 4.98 Å². The van der Waals surface area contributed by atoms with E-state index in [9.17, 15) is 10.1 Å². The highest BCUT2D eigenvalue weighted by molar-refractivity contribution is 9.09. The Bertz CT molecular complexity index is 292. The summed E-state index contributed by atoms with van der Waals surface area (Å²) in [5.41, 5.74) is 0.0575. The first-order valence-corrected chi connectivity index (χ1v) is 4.16. The summed E-state index contributed by atoms with van der Waals surface area (Å²) in [7, 11) is 0. The molecular weight excluding hydrogens is 228 g/mol. The number of rotatable bonds is 3. The molecule has 0 aliphatic heterocycles. The number of aromatic nitrogens is 1. The quantitative estimate of drug-likeness (QED) is 0.453. The number of nitrogens with zero attached hydrogens (tertiary/aromatic N) is 2. The van der Waals surface area contributed by atoms with Gasteiger partial charge in [0.1, 0.15) is 5.52 Å². The van der Waals surface area contributed by atoms with Crippen molar-refractivity contribution in [1.82, 2.24) is 4.98 Å². The van der Waals surface area contributed by atoms with Crippen LogP contribution in [-0.4, -0.2) is 15.4 Å². The van der Waals surface area contributed by atoms with Gasteiger partial charge in [0.15, 0.2) is 0 Å². The summed E-state index contributed by atoms with van der Waals surface area (Å²) < 4.78 is 4.86. The molecule has 0 radical (unpaired) electrons. The van der Waals surface area contributed by atoms with Crippen LogP contribution in [0.3, 0.4) is 0 Å². The maximum atomic E-state index is 10.4. The van der Waals surface area contributed by atoms with Gasteiger partial charge >= 0.3 is 5.69 Å². The van der Waals surface area contributed by atoms with E-state index < -0.39 is 4.92 Å². The molecular formula is C6H5BrN2O3. The van der Waals surface area contributed by atoms with E-state index in [0.29, 0.717) is 0 Å². The van der Waals surface area contributed by atoms with Gasteiger partial charge in [-0.2, -0.15) is 0 Å². The highest BCUT2D eigenvalue weighted by atomic mass is 79.9. The average molecular weight is 233 g/mol. The van der Waals surface area contributed by atoms with Gasteiger partial charge in [0.2, 0.25) is 0 Å². The molecule has 1 aromatic rings. The number of halogens is 1. The van der Waals surface area contributed by atoms with E-state index in [0.717, 1.165) is 0 Å². The zero-order valence-electron chi connectivity index (χ0n) is 5.94. The Labute approximate surface area is 76.7 Å². The summed E-state index contributed by atoms with van der Waals surface area (Å²) >= 11 is 2.98. The lowest BCUT2D eigenvalue weighted by Gasteiger charge is -1.99. The van der Waals surface area contributed by atoms with Crippen LogP contribution in [0.15, 0.2) is 18.3 Å². The summed E-state index contributed by atoms with van der Waals surface area (Å²) in [5.74, 6) is 0.0272. The third-order valence-corrected chi connectivity index (χ3v) is 1.37. The van der Waals surface area contributed by atoms with E-state index in [1.54, 1.807) is 0 Å². The maximum Gasteiger partial charge on any atom is 0.330 e. The maximum absolute atomic E-state index is 10.4. The second-order valence-electron chi connectivity index (χ2n) is 1.84. The first-order chi connectivity index (χ1) is 5.75. The largest absolute Gasteiger partial charge is 0.461 e. The predicted molar refractivity (Wildman–Crippen MR) is 45.3 cm³/mol. The smallest absolute Gasteiger partial charge is 0.330 e. The van der Waals surface area contributed by atoms with Crippen LogP contribution in [0.4, 0.5) is 5.69 Å². The summed E-state index contributed by atoms with van der Waals surface area (Å²) in [6.45, 7) is 0. The predicted octanol–water partition coefficient (Wildman–Crippen LogP) is 1.72. The molecule has 0 aliphatic rings. The molecule has 6 heteroatoms. The van der Waals surface area contributed by atoms with E-state index in [1.165, 1.54) is 18.3 Å². The zero-order valence-corrected chi connectivity index (χ0v) is 7.52. The second-order valence-corrected chi connectivity index (χ2v) is 2.30. The molecule has 0 fully saturated rings. The Morgan fingerprint density at radius 1 is 1.75 bits per heavy atom. The zero-order chi connectivity index (χ0) is 8.97. The van der Waals surface area contributed by atoms with Gasteiger partial charge in [-0.3, -0.25) is 10.1 Å². The Kier molecular flexibility index (Phi) is 2.98. The standard InChI is InChI=1S/C6H5BrN2O3/c7-4-12-6-5(9(10)11)2-1-3-8-6/h1-3H,4H2. The third kappa shape index (κ3) is 1.91. The first-order valence-electron chi connectivity index (χ1n) is 3.04. The Balaban J connectivity index is 3.00. The van der Waals surface area contributed by atoms with Gasteiger partial charge in [-0.1, -0.05) is 0 Å². The molecule has 0 N–H and O–H groups in total. The second kappa shape index (κ2) is 4.01. The topological polar surface area (TPSA) is 65.3 Å². The number of hydrogen-bond donors (Lipinski definition) is 0. The molecule has 0 amide bonds. The molecule has 1 aromatic heterocycles. The van der Waals surface area contributed by atoms with E-state index >= 15 is 0 Å². The molecule has 0 aromatic carbocycles. The molecule has 0 aliphatic carbocycles. The van der Waals surface area contributed by atoms with Crippen molar-refractivity contribution < 1.29 is 9.66 Å². The van der Waals surface area contributed by atoms with Gasteiger partial charge < -0.3 is 4.74 Å². The van der Waals surface area contributed by atoms with Gasteiger partial charge in [-0.05, 0) is 22.0 Å². The molecule has 0 saturated carbocycles. The van der Waals surface area contributed by atoms with E-state index in [2.05, 4.69) is 20.9 Å². The van der Waals surface area contributed by atoms with Gasteiger partial charge in [0, 0.05) is 12.3 Å². The minimum absolute atomic E-state index is 0.0272. The number of alkyl halides is 1. The van der Waals surface area contributed by atoms with Gasteiger partial charge in [-0.15, -0.1) is 0 Å². The number of hydrogen-bond acceptors (Lipinski definition) is 4. The Morgan fingerprint density at radius 2 is 2.50 bits per heavy atom. The van der Waals surface area contributed by atoms with Crippen LogP contribution in [-0.2, 0) is 0 Å². The Morgan fingerprint density at radius 3 is 3.08 bits per heavy atom. The highest BCUT2D eigenvalue weighted by Crippen LogP contribution is 2.22. The van der Waals surface area contributed by atoms with E-state index in [-0.39, 0.29) is 17.1 Å². The van der Waals surface area contributed by atoms with Gasteiger partial charge in [0.25, 0.3) is 5.88 Å². The van der Waals surface area contributed by atoms with Crippen molar-refractivity contribution in [3.8, 4) is 5.88 Å². The Hall–Kier alpha value is -1.17. The van der Waals surface area contributed by atoms with E-state index in [4.69, 9.17) is 4.74 Å². The van der Waals surface area contributed by atoms with Crippen molar-refractivity contribution in [3.63, 3.8) is 0 Å². The molecule has 1 rings (SSSR count). The van der Waals surface area contributed by atoms with Crippen LogP contribution in [0.2, 0.25) is 0 Å². The fourth-order valence-corrected chi connectivity index (χ4v) is 0.901. The summed E-state index contributed by atoms with van der Waals surface area (Å²) in [5, 5.41) is 10.4. The van der Waals surface area contributed by atoms with Crippen LogP contribution in [0.1, 0.15) is 0 Å². The SMILES string of the molecule is O=[N+]([O-])c1cccnc1OCBr. The summed E-state index contributed by atoms with van der Waals surface area (Å²) in [6.07, 6.45) is 1.44. The fraction of sp³-hybridized carbons (Fsp3) is 0.167. The molecule has 64 valence electrons. The van der Waals surface area contributed by atoms with Crippen LogP contribution in [0, 0.1) is 10.1 Å². The first kappa shape index (κ1) is 8.92. The summed E-state index contributed by atoms with van der Waals surface area (Å²) in [6, 6.07) is 2.82. The number of nitro groups is 1. The minimum Gasteiger partial charge on any atom is -0.461 e. The third-order valence-electron chi connectivity index (χ3n) is 1.14. The van der Waals surface area contributed by atoms with Gasteiger partial charge in [0.05, 0.1) is 4.92 Å². The minimum atomic E-state index is -0.537. The molecule has 0 atom stereocenters. The van der Waals surface area contributed by atoms with Crippen molar-refractivity contribution in [2.45, 2.75) is 0 Å². The van der Waals surface area contributed by atoms with Crippen molar-refractivity contribution in [2.75, 3.05) is 5.52 Å². The lowest BCUT2D eigenvalue weighted by molar-refractivity contribution is -0.386. The van der Waals surface area contributed by atoms with Crippen molar-refractivity contribution in [2.24, 2.45) is 0 Å². The van der Waals surface area contributed by atoms with Crippen LogP contribution >= 0.6 is 15.9 Å². The summed E-state index contributed by atoms with van der Waals surface area (Å²) in [4.78, 5) is 13.5. The monoisotopic (exact) mass is 232 g/mol. The molecule has 5 nitrogen and oxygen atoms in total. The van der Waals surface area contributed by atoms with Crippen molar-refractivity contribution in [1.29, 1.82) is 0 Å². The highest BCUT2D eigenvalue weighted by Gasteiger charge is 2.14. The molecule has 12 heavy (non-hydrogen) atoms. The molecule has 0 unspecified atom stereocenters. The number of pyridine rings is 1. The average Bonchev–Trinajstić information content (AvgIpc) is 2.05. The van der Waals surface area contributed by atoms with Crippen molar-refractivity contribution >= 4 is 21.6 Å². The molecule has 0 saturated heterocycles. The van der Waals surface area contributed by atoms with Crippen LogP contribution in [0.25, 0.3) is 0 Å².